The second-order valence-corrected chi connectivity index (χ2v) is 5.86. The van der Waals surface area contributed by atoms with Gasteiger partial charge in [-0.25, -0.2) is 0 Å². The highest BCUT2D eigenvalue weighted by atomic mass is 35.5. The van der Waals surface area contributed by atoms with Crippen LogP contribution in [0.2, 0.25) is 5.02 Å². The maximum atomic E-state index is 12.0. The van der Waals surface area contributed by atoms with Crippen LogP contribution in [0.1, 0.15) is 6.42 Å². The zero-order chi connectivity index (χ0) is 14.7. The van der Waals surface area contributed by atoms with Crippen LogP contribution in [0.5, 0.6) is 0 Å². The van der Waals surface area contributed by atoms with Crippen molar-refractivity contribution < 1.29 is 4.79 Å². The molecule has 0 radical (unpaired) electrons. The molecule has 0 saturated carbocycles. The Balaban J connectivity index is 1.88. The minimum absolute atomic E-state index is 0.0571. The van der Waals surface area contributed by atoms with Gasteiger partial charge in [0.05, 0.1) is 17.9 Å². The number of likely N-dealkylation sites (N-methyl/N-ethyl adjacent to an activating group) is 1. The summed E-state index contributed by atoms with van der Waals surface area (Å²) >= 11 is 5.90. The van der Waals surface area contributed by atoms with Gasteiger partial charge in [-0.15, -0.1) is 0 Å². The summed E-state index contributed by atoms with van der Waals surface area (Å²) in [6, 6.07) is 5.59. The summed E-state index contributed by atoms with van der Waals surface area (Å²) in [5.74, 6) is -0.0571. The SMILES string of the molecule is CN(C)C1CCN(CC(=O)Nc2cc(Cl)ccc2N)C1. The molecule has 1 aromatic carbocycles. The van der Waals surface area contributed by atoms with Crippen LogP contribution in [0, 0.1) is 0 Å². The zero-order valence-corrected chi connectivity index (χ0v) is 12.7. The van der Waals surface area contributed by atoms with Gasteiger partial charge in [0, 0.05) is 24.2 Å². The van der Waals surface area contributed by atoms with E-state index in [-0.39, 0.29) is 5.91 Å². The molecule has 2 rings (SSSR count). The van der Waals surface area contributed by atoms with Crippen LogP contribution in [-0.2, 0) is 4.79 Å². The molecule has 0 aromatic heterocycles. The lowest BCUT2D eigenvalue weighted by atomic mass is 10.2. The Kier molecular flexibility index (Phi) is 4.86. The molecule has 0 spiro atoms. The van der Waals surface area contributed by atoms with Gasteiger partial charge in [-0.2, -0.15) is 0 Å². The van der Waals surface area contributed by atoms with E-state index in [1.807, 2.05) is 0 Å². The fourth-order valence-corrected chi connectivity index (χ4v) is 2.58. The first-order valence-electron chi connectivity index (χ1n) is 6.69. The number of likely N-dealkylation sites (tertiary alicyclic amines) is 1. The molecule has 1 amide bonds. The Morgan fingerprint density at radius 3 is 2.95 bits per heavy atom. The smallest absolute Gasteiger partial charge is 0.238 e. The van der Waals surface area contributed by atoms with Crippen LogP contribution in [0.25, 0.3) is 0 Å². The van der Waals surface area contributed by atoms with E-state index < -0.39 is 0 Å². The molecule has 5 nitrogen and oxygen atoms in total. The molecule has 1 fully saturated rings. The van der Waals surface area contributed by atoms with E-state index in [9.17, 15) is 4.79 Å². The Labute approximate surface area is 124 Å². The van der Waals surface area contributed by atoms with Gasteiger partial charge in [-0.1, -0.05) is 11.6 Å². The lowest BCUT2D eigenvalue weighted by molar-refractivity contribution is -0.117. The number of halogens is 1. The second kappa shape index (κ2) is 6.43. The average Bonchev–Trinajstić information content (AvgIpc) is 2.82. The predicted molar refractivity (Wildman–Crippen MR) is 83.0 cm³/mol. The number of hydrogen-bond donors (Lipinski definition) is 2. The summed E-state index contributed by atoms with van der Waals surface area (Å²) in [6.07, 6.45) is 1.10. The van der Waals surface area contributed by atoms with Crippen LogP contribution in [0.15, 0.2) is 18.2 Å². The number of benzene rings is 1. The summed E-state index contributed by atoms with van der Waals surface area (Å²) in [4.78, 5) is 16.4. The number of nitrogens with two attached hydrogens (primary N) is 1. The van der Waals surface area contributed by atoms with E-state index in [1.165, 1.54) is 0 Å². The summed E-state index contributed by atoms with van der Waals surface area (Å²) in [5, 5.41) is 3.38. The highest BCUT2D eigenvalue weighted by Crippen LogP contribution is 2.23. The largest absolute Gasteiger partial charge is 0.397 e. The van der Waals surface area contributed by atoms with Gasteiger partial charge in [-0.3, -0.25) is 9.69 Å². The quantitative estimate of drug-likeness (QED) is 0.827. The highest BCUT2D eigenvalue weighted by Gasteiger charge is 2.25. The van der Waals surface area contributed by atoms with Crippen molar-refractivity contribution in [3.8, 4) is 0 Å². The van der Waals surface area contributed by atoms with Crippen LogP contribution in [-0.4, -0.2) is 55.5 Å². The van der Waals surface area contributed by atoms with Crippen LogP contribution >= 0.6 is 11.6 Å². The van der Waals surface area contributed by atoms with Gasteiger partial charge in [0.2, 0.25) is 5.91 Å². The van der Waals surface area contributed by atoms with Gasteiger partial charge in [0.1, 0.15) is 0 Å². The molecule has 0 aliphatic carbocycles. The van der Waals surface area contributed by atoms with E-state index in [0.29, 0.717) is 29.0 Å². The van der Waals surface area contributed by atoms with E-state index in [2.05, 4.69) is 29.2 Å². The van der Waals surface area contributed by atoms with Crippen molar-refractivity contribution in [1.82, 2.24) is 9.80 Å². The van der Waals surface area contributed by atoms with Crippen molar-refractivity contribution in [2.24, 2.45) is 0 Å². The number of hydrogen-bond acceptors (Lipinski definition) is 4. The van der Waals surface area contributed by atoms with Gasteiger partial charge < -0.3 is 16.0 Å². The number of carbonyl (C=O) groups excluding carboxylic acids is 1. The minimum atomic E-state index is -0.0571. The molecular formula is C14H21ClN4O. The molecule has 110 valence electrons. The number of nitrogens with zero attached hydrogens (tertiary/aromatic N) is 2. The van der Waals surface area contributed by atoms with E-state index in [1.54, 1.807) is 18.2 Å². The van der Waals surface area contributed by atoms with E-state index in [4.69, 9.17) is 17.3 Å². The molecule has 0 bridgehead atoms. The van der Waals surface area contributed by atoms with Crippen LogP contribution < -0.4 is 11.1 Å². The third-order valence-corrected chi connectivity index (χ3v) is 3.87. The first kappa shape index (κ1) is 15.1. The normalized spacial score (nSPS) is 19.5. The third-order valence-electron chi connectivity index (χ3n) is 3.63. The Morgan fingerprint density at radius 1 is 1.55 bits per heavy atom. The zero-order valence-electron chi connectivity index (χ0n) is 11.9. The fourth-order valence-electron chi connectivity index (χ4n) is 2.41. The summed E-state index contributed by atoms with van der Waals surface area (Å²) in [7, 11) is 4.14. The maximum Gasteiger partial charge on any atom is 0.238 e. The van der Waals surface area contributed by atoms with E-state index in [0.717, 1.165) is 19.5 Å². The molecule has 1 unspecified atom stereocenters. The second-order valence-electron chi connectivity index (χ2n) is 5.42. The number of rotatable bonds is 4. The molecule has 6 heteroatoms. The number of amides is 1. The molecule has 1 saturated heterocycles. The van der Waals surface area contributed by atoms with Crippen molar-refractivity contribution in [1.29, 1.82) is 0 Å². The average molecular weight is 297 g/mol. The molecule has 1 aliphatic rings. The number of nitrogens with one attached hydrogen (secondary N) is 1. The van der Waals surface area contributed by atoms with Gasteiger partial charge in [-0.05, 0) is 38.7 Å². The van der Waals surface area contributed by atoms with Crippen LogP contribution in [0.4, 0.5) is 11.4 Å². The van der Waals surface area contributed by atoms with Gasteiger partial charge in [0.15, 0.2) is 0 Å². The summed E-state index contributed by atoms with van der Waals surface area (Å²) in [6.45, 7) is 2.25. The monoisotopic (exact) mass is 296 g/mol. The van der Waals surface area contributed by atoms with Crippen molar-refractivity contribution in [2.75, 3.05) is 44.8 Å². The third kappa shape index (κ3) is 3.85. The van der Waals surface area contributed by atoms with Gasteiger partial charge >= 0.3 is 0 Å². The minimum Gasteiger partial charge on any atom is -0.397 e. The predicted octanol–water partition coefficient (Wildman–Crippen LogP) is 1.50. The van der Waals surface area contributed by atoms with Crippen LogP contribution in [0.3, 0.4) is 0 Å². The summed E-state index contributed by atoms with van der Waals surface area (Å²) < 4.78 is 0. The molecule has 1 aliphatic heterocycles. The first-order chi connectivity index (χ1) is 9.45. The van der Waals surface area contributed by atoms with Crippen molar-refractivity contribution >= 4 is 28.9 Å². The van der Waals surface area contributed by atoms with Gasteiger partial charge in [0.25, 0.3) is 0 Å². The Bertz CT molecular complexity index is 492. The standard InChI is InChI=1S/C14H21ClN4O/c1-18(2)11-5-6-19(8-11)9-14(20)17-13-7-10(15)3-4-12(13)16/h3-4,7,11H,5-6,8-9,16H2,1-2H3,(H,17,20). The number of anilines is 2. The van der Waals surface area contributed by atoms with Crippen molar-refractivity contribution in [3.63, 3.8) is 0 Å². The van der Waals surface area contributed by atoms with Crippen molar-refractivity contribution in [2.45, 2.75) is 12.5 Å². The van der Waals surface area contributed by atoms with Crippen molar-refractivity contribution in [3.05, 3.63) is 23.2 Å². The van der Waals surface area contributed by atoms with E-state index >= 15 is 0 Å². The number of nitrogen functional groups attached to an aromatic ring is 1. The molecule has 1 aromatic rings. The molecule has 3 N–H and O–H groups in total. The lowest BCUT2D eigenvalue weighted by Crippen LogP contribution is -2.35. The lowest BCUT2D eigenvalue weighted by Gasteiger charge is -2.20. The molecule has 1 heterocycles. The Hall–Kier alpha value is -1.30. The molecule has 1 atom stereocenters. The Morgan fingerprint density at radius 2 is 2.30 bits per heavy atom. The topological polar surface area (TPSA) is 61.6 Å². The number of carbonyl (C=O) groups is 1. The first-order valence-corrected chi connectivity index (χ1v) is 7.07. The summed E-state index contributed by atoms with van der Waals surface area (Å²) in [5.41, 5.74) is 6.91. The maximum absolute atomic E-state index is 12.0. The molecular weight excluding hydrogens is 276 g/mol. The highest BCUT2D eigenvalue weighted by molar-refractivity contribution is 6.31. The molecule has 20 heavy (non-hydrogen) atoms. The fraction of sp³-hybridized carbons (Fsp3) is 0.500.